The summed E-state index contributed by atoms with van der Waals surface area (Å²) in [7, 11) is 0. The summed E-state index contributed by atoms with van der Waals surface area (Å²) in [6.45, 7) is 4.56. The summed E-state index contributed by atoms with van der Waals surface area (Å²) in [6, 6.07) is 8.40. The third-order valence-corrected chi connectivity index (χ3v) is 6.56. The summed E-state index contributed by atoms with van der Waals surface area (Å²) in [4.78, 5) is 16.6. The van der Waals surface area contributed by atoms with Crippen molar-refractivity contribution in [3.8, 4) is 0 Å². The number of nitrogens with one attached hydrogen (secondary N) is 3. The highest BCUT2D eigenvalue weighted by Crippen LogP contribution is 2.29. The van der Waals surface area contributed by atoms with Crippen molar-refractivity contribution in [2.45, 2.75) is 52.0 Å². The van der Waals surface area contributed by atoms with Gasteiger partial charge in [0, 0.05) is 18.9 Å². The maximum absolute atomic E-state index is 12.1. The van der Waals surface area contributed by atoms with E-state index in [0.717, 1.165) is 21.6 Å². The molecular weight excluding hydrogens is 364 g/mol. The Morgan fingerprint density at radius 3 is 2.88 bits per heavy atom. The number of hydrogen-bond donors (Lipinski definition) is 3. The molecule has 7 heteroatoms. The van der Waals surface area contributed by atoms with Gasteiger partial charge in [0.05, 0.1) is 15.2 Å². The molecule has 0 bridgehead atoms. The predicted molar refractivity (Wildman–Crippen MR) is 111 cm³/mol. The van der Waals surface area contributed by atoms with Crippen LogP contribution in [-0.4, -0.2) is 22.0 Å². The number of aryl methyl sites for hydroxylation is 1. The molecule has 3 rings (SSSR count). The van der Waals surface area contributed by atoms with Crippen molar-refractivity contribution in [3.63, 3.8) is 0 Å². The highest BCUT2D eigenvalue weighted by atomic mass is 32.1. The summed E-state index contributed by atoms with van der Waals surface area (Å²) < 4.78 is 1.15. The second-order valence-electron chi connectivity index (χ2n) is 7.10. The fraction of sp³-hybridized carbons (Fsp3) is 0.526. The molecule has 0 unspecified atom stereocenters. The first-order chi connectivity index (χ1) is 12.5. The molecule has 1 aliphatic rings. The predicted octanol–water partition coefficient (Wildman–Crippen LogP) is 3.55. The molecule has 1 fully saturated rings. The number of nitrogens with zero attached hydrogens (tertiary/aromatic N) is 1. The van der Waals surface area contributed by atoms with Crippen molar-refractivity contribution in [1.29, 1.82) is 0 Å². The van der Waals surface area contributed by atoms with E-state index in [1.54, 1.807) is 11.3 Å². The first-order valence-corrected chi connectivity index (χ1v) is 10.4. The molecule has 1 aromatic heterocycles. The number of thiocarbonyl (C=S) groups is 1. The molecule has 26 heavy (non-hydrogen) atoms. The number of hydrazine groups is 1. The molecule has 3 N–H and O–H groups in total. The Morgan fingerprint density at radius 1 is 1.27 bits per heavy atom. The van der Waals surface area contributed by atoms with Gasteiger partial charge in [0.2, 0.25) is 5.91 Å². The lowest BCUT2D eigenvalue weighted by atomic mass is 9.78. The van der Waals surface area contributed by atoms with Gasteiger partial charge >= 0.3 is 0 Å². The van der Waals surface area contributed by atoms with Crippen molar-refractivity contribution in [2.24, 2.45) is 11.8 Å². The molecule has 0 aliphatic heterocycles. The van der Waals surface area contributed by atoms with Gasteiger partial charge in [0.25, 0.3) is 0 Å². The Hall–Kier alpha value is -1.73. The number of rotatable bonds is 4. The first kappa shape index (κ1) is 19.0. The molecular formula is C19H26N4OS2. The summed E-state index contributed by atoms with van der Waals surface area (Å²) in [6.07, 6.45) is 4.64. The van der Waals surface area contributed by atoms with E-state index in [9.17, 15) is 4.79 Å². The second kappa shape index (κ2) is 8.77. The molecule has 0 saturated heterocycles. The first-order valence-electron chi connectivity index (χ1n) is 9.22. The van der Waals surface area contributed by atoms with E-state index in [4.69, 9.17) is 12.2 Å². The summed E-state index contributed by atoms with van der Waals surface area (Å²) in [5, 5.41) is 4.81. The summed E-state index contributed by atoms with van der Waals surface area (Å²) >= 11 is 6.96. The SMILES string of the molecule is C[C@@H]1[C@H](C)CCC[C@H]1NC(=S)NNC(=O)CCc1nc2ccccc2s1. The number of fused-ring (bicyclic) bond motifs is 1. The molecule has 1 aromatic carbocycles. The number of para-hydroxylation sites is 1. The lowest BCUT2D eigenvalue weighted by molar-refractivity contribution is -0.121. The smallest absolute Gasteiger partial charge is 0.238 e. The maximum atomic E-state index is 12.1. The third kappa shape index (κ3) is 4.92. The lowest BCUT2D eigenvalue weighted by Gasteiger charge is -2.35. The minimum Gasteiger partial charge on any atom is -0.358 e. The molecule has 0 spiro atoms. The Balaban J connectivity index is 1.40. The molecule has 0 radical (unpaired) electrons. The van der Waals surface area contributed by atoms with Gasteiger partial charge in [0.1, 0.15) is 0 Å². The monoisotopic (exact) mass is 390 g/mol. The fourth-order valence-corrected chi connectivity index (χ4v) is 4.60. The zero-order chi connectivity index (χ0) is 18.5. The average Bonchev–Trinajstić information content (AvgIpc) is 3.05. The number of aromatic nitrogens is 1. The molecule has 140 valence electrons. The van der Waals surface area contributed by atoms with E-state index in [1.807, 2.05) is 18.2 Å². The van der Waals surface area contributed by atoms with Crippen molar-refractivity contribution in [1.82, 2.24) is 21.2 Å². The standard InChI is InChI=1S/C19H26N4OS2/c1-12-6-5-8-14(13(12)2)21-19(25)23-22-17(24)10-11-18-20-15-7-3-4-9-16(15)26-18/h3-4,7,9,12-14H,5-6,8,10-11H2,1-2H3,(H,22,24)(H2,21,23,25)/t12-,13-,14-/m1/s1. The van der Waals surface area contributed by atoms with Crippen LogP contribution in [0, 0.1) is 11.8 Å². The zero-order valence-electron chi connectivity index (χ0n) is 15.2. The third-order valence-electron chi connectivity index (χ3n) is 5.24. The van der Waals surface area contributed by atoms with Gasteiger partial charge in [-0.3, -0.25) is 15.6 Å². The van der Waals surface area contributed by atoms with Gasteiger partial charge in [0.15, 0.2) is 5.11 Å². The topological polar surface area (TPSA) is 66.0 Å². The van der Waals surface area contributed by atoms with Crippen LogP contribution in [0.2, 0.25) is 0 Å². The van der Waals surface area contributed by atoms with Crippen molar-refractivity contribution >= 4 is 44.8 Å². The van der Waals surface area contributed by atoms with E-state index in [2.05, 4.69) is 41.1 Å². The van der Waals surface area contributed by atoms with Crippen LogP contribution >= 0.6 is 23.6 Å². The number of benzene rings is 1. The highest BCUT2D eigenvalue weighted by molar-refractivity contribution is 7.80. The number of carbonyl (C=O) groups excluding carboxylic acids is 1. The maximum Gasteiger partial charge on any atom is 0.238 e. The normalized spacial score (nSPS) is 22.8. The average molecular weight is 391 g/mol. The van der Waals surface area contributed by atoms with E-state index in [1.165, 1.54) is 12.8 Å². The fourth-order valence-electron chi connectivity index (χ4n) is 3.43. The summed E-state index contributed by atoms with van der Waals surface area (Å²) in [5.74, 6) is 1.20. The molecule has 1 amide bonds. The van der Waals surface area contributed by atoms with Crippen LogP contribution in [0.15, 0.2) is 24.3 Å². The molecule has 5 nitrogen and oxygen atoms in total. The number of thiazole rings is 1. The highest BCUT2D eigenvalue weighted by Gasteiger charge is 2.27. The molecule has 2 aromatic rings. The van der Waals surface area contributed by atoms with Gasteiger partial charge in [-0.2, -0.15) is 0 Å². The number of amides is 1. The summed E-state index contributed by atoms with van der Waals surface area (Å²) in [5.41, 5.74) is 6.51. The molecule has 1 heterocycles. The van der Waals surface area contributed by atoms with Crippen molar-refractivity contribution in [3.05, 3.63) is 29.3 Å². The Labute approximate surface area is 163 Å². The quantitative estimate of drug-likeness (QED) is 0.550. The Bertz CT molecular complexity index is 743. The van der Waals surface area contributed by atoms with Crippen molar-refractivity contribution < 1.29 is 4.79 Å². The van der Waals surface area contributed by atoms with E-state index in [0.29, 0.717) is 35.8 Å². The van der Waals surface area contributed by atoms with Gasteiger partial charge < -0.3 is 5.32 Å². The van der Waals surface area contributed by atoms with E-state index in [-0.39, 0.29) is 5.91 Å². The van der Waals surface area contributed by atoms with Crippen molar-refractivity contribution in [2.75, 3.05) is 0 Å². The van der Waals surface area contributed by atoms with Gasteiger partial charge in [-0.25, -0.2) is 4.98 Å². The molecule has 1 aliphatic carbocycles. The van der Waals surface area contributed by atoms with Crippen LogP contribution in [0.3, 0.4) is 0 Å². The van der Waals surface area contributed by atoms with Crippen LogP contribution in [0.4, 0.5) is 0 Å². The van der Waals surface area contributed by atoms with E-state index >= 15 is 0 Å². The number of hydrogen-bond acceptors (Lipinski definition) is 4. The molecule has 1 saturated carbocycles. The van der Waals surface area contributed by atoms with Crippen LogP contribution in [0.5, 0.6) is 0 Å². The second-order valence-corrected chi connectivity index (χ2v) is 8.62. The minimum atomic E-state index is -0.0848. The van der Waals surface area contributed by atoms with Crippen LogP contribution in [-0.2, 0) is 11.2 Å². The van der Waals surface area contributed by atoms with Crippen LogP contribution < -0.4 is 16.2 Å². The zero-order valence-corrected chi connectivity index (χ0v) is 16.9. The Kier molecular flexibility index (Phi) is 6.43. The number of carbonyl (C=O) groups is 1. The molecule has 3 atom stereocenters. The Morgan fingerprint density at radius 2 is 2.08 bits per heavy atom. The van der Waals surface area contributed by atoms with Gasteiger partial charge in [-0.05, 0) is 42.6 Å². The van der Waals surface area contributed by atoms with Crippen LogP contribution in [0.1, 0.15) is 44.5 Å². The van der Waals surface area contributed by atoms with Gasteiger partial charge in [-0.15, -0.1) is 11.3 Å². The largest absolute Gasteiger partial charge is 0.358 e. The lowest BCUT2D eigenvalue weighted by Crippen LogP contribution is -2.52. The van der Waals surface area contributed by atoms with Crippen LogP contribution in [0.25, 0.3) is 10.2 Å². The van der Waals surface area contributed by atoms with Gasteiger partial charge in [-0.1, -0.05) is 38.8 Å². The minimum absolute atomic E-state index is 0.0848. The van der Waals surface area contributed by atoms with E-state index < -0.39 is 0 Å².